The zero-order valence-corrected chi connectivity index (χ0v) is 22.9. The van der Waals surface area contributed by atoms with Gasteiger partial charge in [-0.2, -0.15) is 0 Å². The van der Waals surface area contributed by atoms with Crippen molar-refractivity contribution in [1.82, 2.24) is 29.2 Å². The smallest absolute Gasteiger partial charge is 0.219 e. The van der Waals surface area contributed by atoms with E-state index in [9.17, 15) is 4.79 Å². The average Bonchev–Trinajstić information content (AvgIpc) is 3.33. The van der Waals surface area contributed by atoms with Crippen molar-refractivity contribution in [2.24, 2.45) is 0 Å². The number of hydrogen-bond donors (Lipinski definition) is 1. The summed E-state index contributed by atoms with van der Waals surface area (Å²) in [6.45, 7) is 7.31. The van der Waals surface area contributed by atoms with E-state index in [4.69, 9.17) is 15.7 Å². The van der Waals surface area contributed by atoms with Crippen molar-refractivity contribution in [2.75, 3.05) is 31.9 Å². The van der Waals surface area contributed by atoms with Gasteiger partial charge >= 0.3 is 0 Å². The molecular formula is C32H33N7O. The van der Waals surface area contributed by atoms with E-state index in [0.717, 1.165) is 83.8 Å². The highest BCUT2D eigenvalue weighted by Crippen LogP contribution is 2.42. The summed E-state index contributed by atoms with van der Waals surface area (Å²) >= 11 is 0. The summed E-state index contributed by atoms with van der Waals surface area (Å²) in [6, 6.07) is 19.4. The first kappa shape index (κ1) is 24.7. The van der Waals surface area contributed by atoms with E-state index in [1.54, 1.807) is 13.1 Å². The lowest BCUT2D eigenvalue weighted by Gasteiger charge is -2.46. The maximum atomic E-state index is 11.7. The van der Waals surface area contributed by atoms with Crippen LogP contribution >= 0.6 is 0 Å². The third kappa shape index (κ3) is 4.19. The average molecular weight is 532 g/mol. The second-order valence-electron chi connectivity index (χ2n) is 11.1. The molecule has 2 aromatic carbocycles. The molecule has 0 radical (unpaired) electrons. The fourth-order valence-corrected chi connectivity index (χ4v) is 6.38. The lowest BCUT2D eigenvalue weighted by atomic mass is 9.78. The number of hydrogen-bond acceptors (Lipinski definition) is 6. The van der Waals surface area contributed by atoms with Crippen LogP contribution in [0, 0.1) is 6.92 Å². The molecule has 8 heteroatoms. The Morgan fingerprint density at radius 1 is 0.950 bits per heavy atom. The maximum Gasteiger partial charge on any atom is 0.219 e. The van der Waals surface area contributed by atoms with Crippen LogP contribution in [0.1, 0.15) is 37.1 Å². The van der Waals surface area contributed by atoms with Gasteiger partial charge in [-0.1, -0.05) is 42.5 Å². The first-order valence-corrected chi connectivity index (χ1v) is 14.1. The largest absolute Gasteiger partial charge is 0.382 e. The van der Waals surface area contributed by atoms with Crippen LogP contribution < -0.4 is 5.73 Å². The molecule has 1 amide bonds. The second kappa shape index (κ2) is 9.71. The van der Waals surface area contributed by atoms with Gasteiger partial charge < -0.3 is 10.6 Å². The summed E-state index contributed by atoms with van der Waals surface area (Å²) in [6.07, 6.45) is 5.85. The van der Waals surface area contributed by atoms with Crippen LogP contribution in [0.4, 0.5) is 5.82 Å². The van der Waals surface area contributed by atoms with Gasteiger partial charge in [-0.15, -0.1) is 0 Å². The number of imidazole rings is 1. The van der Waals surface area contributed by atoms with E-state index < -0.39 is 0 Å². The monoisotopic (exact) mass is 531 g/mol. The summed E-state index contributed by atoms with van der Waals surface area (Å²) in [5.74, 6) is 2.04. The predicted octanol–water partition coefficient (Wildman–Crippen LogP) is 4.91. The third-order valence-corrected chi connectivity index (χ3v) is 8.72. The van der Waals surface area contributed by atoms with Crippen LogP contribution in [0.15, 0.2) is 67.0 Å². The fraction of sp³-hybridized carbons (Fsp3) is 0.312. The van der Waals surface area contributed by atoms with E-state index >= 15 is 0 Å². The zero-order chi connectivity index (χ0) is 27.4. The fourth-order valence-electron chi connectivity index (χ4n) is 6.38. The molecule has 2 N–H and O–H groups in total. The van der Waals surface area contributed by atoms with Gasteiger partial charge in [0.15, 0.2) is 0 Å². The summed E-state index contributed by atoms with van der Waals surface area (Å²) in [7, 11) is 0. The lowest BCUT2D eigenvalue weighted by molar-refractivity contribution is -0.131. The molecule has 5 aromatic rings. The van der Waals surface area contributed by atoms with Crippen molar-refractivity contribution in [1.29, 1.82) is 0 Å². The first-order chi connectivity index (χ1) is 19.5. The van der Waals surface area contributed by atoms with Gasteiger partial charge in [0.25, 0.3) is 0 Å². The van der Waals surface area contributed by atoms with Crippen LogP contribution in [0.3, 0.4) is 0 Å². The third-order valence-electron chi connectivity index (χ3n) is 8.72. The number of aryl methyl sites for hydroxylation is 1. The number of fused-ring (bicyclic) bond motifs is 2. The first-order valence-electron chi connectivity index (χ1n) is 14.1. The van der Waals surface area contributed by atoms with Crippen molar-refractivity contribution < 1.29 is 4.79 Å². The maximum absolute atomic E-state index is 11.7. The topological polar surface area (TPSA) is 92.7 Å². The number of benzene rings is 2. The van der Waals surface area contributed by atoms with Crippen molar-refractivity contribution in [3.8, 4) is 22.5 Å². The molecule has 1 saturated heterocycles. The SMILES string of the molecule is CC(=O)N1CCN([C@H]2C[C@@H](c3nc(-c4ccc5c(C)cc(-c6ccccc6)nc5c4)c4c(N)nccn43)C2)CC1. The van der Waals surface area contributed by atoms with Gasteiger partial charge in [0, 0.05) is 74.0 Å². The zero-order valence-electron chi connectivity index (χ0n) is 22.9. The molecule has 1 aliphatic heterocycles. The minimum absolute atomic E-state index is 0.170. The molecule has 1 saturated carbocycles. The minimum atomic E-state index is 0.170. The molecule has 0 spiro atoms. The van der Waals surface area contributed by atoms with Gasteiger partial charge in [0.1, 0.15) is 22.9 Å². The quantitative estimate of drug-likeness (QED) is 0.354. The van der Waals surface area contributed by atoms with Gasteiger partial charge in [0.2, 0.25) is 5.91 Å². The van der Waals surface area contributed by atoms with Gasteiger partial charge in [-0.25, -0.2) is 15.0 Å². The summed E-state index contributed by atoms with van der Waals surface area (Å²) < 4.78 is 2.13. The molecule has 8 nitrogen and oxygen atoms in total. The highest BCUT2D eigenvalue weighted by atomic mass is 16.2. The summed E-state index contributed by atoms with van der Waals surface area (Å²) in [4.78, 5) is 30.8. The number of carbonyl (C=O) groups is 1. The van der Waals surface area contributed by atoms with E-state index in [2.05, 4.69) is 57.6 Å². The number of amides is 1. The van der Waals surface area contributed by atoms with E-state index in [0.29, 0.717) is 17.8 Å². The highest BCUT2D eigenvalue weighted by Gasteiger charge is 2.38. The Balaban J connectivity index is 1.22. The van der Waals surface area contributed by atoms with Crippen molar-refractivity contribution in [3.05, 3.63) is 78.4 Å². The number of aromatic nitrogens is 4. The molecule has 202 valence electrons. The Hall–Kier alpha value is -4.30. The Morgan fingerprint density at radius 2 is 1.73 bits per heavy atom. The Bertz CT molecular complexity index is 1730. The Kier molecular flexibility index (Phi) is 6.00. The summed E-state index contributed by atoms with van der Waals surface area (Å²) in [5.41, 5.74) is 13.3. The predicted molar refractivity (Wildman–Crippen MR) is 158 cm³/mol. The molecule has 0 unspecified atom stereocenters. The molecule has 3 aromatic heterocycles. The Morgan fingerprint density at radius 3 is 2.48 bits per heavy atom. The normalized spacial score (nSPS) is 19.7. The molecule has 0 bridgehead atoms. The molecule has 0 atom stereocenters. The number of anilines is 1. The number of nitrogens with zero attached hydrogens (tertiary/aromatic N) is 6. The number of nitrogen functional groups attached to an aromatic ring is 1. The molecule has 7 rings (SSSR count). The van der Waals surface area contributed by atoms with Crippen LogP contribution in [0.25, 0.3) is 38.9 Å². The van der Waals surface area contributed by atoms with Crippen LogP contribution in [-0.4, -0.2) is 67.3 Å². The molecule has 1 aliphatic carbocycles. The van der Waals surface area contributed by atoms with Gasteiger partial charge in [-0.3, -0.25) is 14.1 Å². The number of carbonyl (C=O) groups excluding carboxylic acids is 1. The number of rotatable bonds is 4. The van der Waals surface area contributed by atoms with E-state index in [1.807, 2.05) is 29.3 Å². The molecule has 2 fully saturated rings. The van der Waals surface area contributed by atoms with Crippen molar-refractivity contribution in [2.45, 2.75) is 38.6 Å². The summed E-state index contributed by atoms with van der Waals surface area (Å²) in [5, 5.41) is 1.13. The van der Waals surface area contributed by atoms with Gasteiger partial charge in [0.05, 0.1) is 11.2 Å². The number of piperazine rings is 1. The number of nitrogens with two attached hydrogens (primary N) is 1. The van der Waals surface area contributed by atoms with E-state index in [-0.39, 0.29) is 5.91 Å². The lowest BCUT2D eigenvalue weighted by Crippen LogP contribution is -2.54. The van der Waals surface area contributed by atoms with Crippen LogP contribution in [-0.2, 0) is 4.79 Å². The number of pyridine rings is 1. The van der Waals surface area contributed by atoms with Crippen LogP contribution in [0.5, 0.6) is 0 Å². The highest BCUT2D eigenvalue weighted by molar-refractivity contribution is 5.92. The minimum Gasteiger partial charge on any atom is -0.382 e. The molecule has 4 heterocycles. The standard InChI is InChI=1S/C32H33N7O/c1-20-16-27(22-6-4-3-5-7-22)35-28-19-23(8-9-26(20)28)29-30-31(33)34-10-11-39(30)32(36-29)24-17-25(18-24)38-14-12-37(13-15-38)21(2)40/h3-11,16,19,24-25H,12-15,17-18H2,1-2H3,(H2,33,34)/t24-,25+. The molecule has 40 heavy (non-hydrogen) atoms. The van der Waals surface area contributed by atoms with Gasteiger partial charge in [-0.05, 0) is 37.5 Å². The second-order valence-corrected chi connectivity index (χ2v) is 11.1. The Labute approximate surface area is 233 Å². The van der Waals surface area contributed by atoms with Crippen molar-refractivity contribution in [3.63, 3.8) is 0 Å². The van der Waals surface area contributed by atoms with E-state index in [1.165, 1.54) is 5.56 Å². The van der Waals surface area contributed by atoms with Crippen LogP contribution in [0.2, 0.25) is 0 Å². The van der Waals surface area contributed by atoms with Crippen molar-refractivity contribution >= 4 is 28.1 Å². The molecule has 2 aliphatic rings. The molecular weight excluding hydrogens is 498 g/mol.